The molecular weight excluding hydrogens is 569 g/mol. The third-order valence-corrected chi connectivity index (χ3v) is 9.44. The molecule has 47 heavy (non-hydrogen) atoms. The van der Waals surface area contributed by atoms with Crippen molar-refractivity contribution in [3.05, 3.63) is 175 Å². The molecule has 0 amide bonds. The maximum absolute atomic E-state index is 10.6. The number of hydrogen-bond donors (Lipinski definition) is 0. The fraction of sp³-hybridized carbons (Fsp3) is 0. The van der Waals surface area contributed by atoms with E-state index in [0.717, 1.165) is 33.4 Å². The molecule has 2 nitrogen and oxygen atoms in total. The Balaban J connectivity index is 1.41. The molecule has 0 saturated carbocycles. The van der Waals surface area contributed by atoms with Crippen molar-refractivity contribution in [3.63, 3.8) is 0 Å². The van der Waals surface area contributed by atoms with E-state index in [2.05, 4.69) is 168 Å². The normalized spacial score (nSPS) is 11.4. The third kappa shape index (κ3) is 4.11. The quantitative estimate of drug-likeness (QED) is 0.186. The smallest absolute Gasteiger partial charge is 0.101 e. The van der Waals surface area contributed by atoms with Crippen LogP contribution in [0.4, 0.5) is 0 Å². The van der Waals surface area contributed by atoms with Gasteiger partial charge in [-0.2, -0.15) is 5.26 Å². The standard InChI is InChI=1S/C45H28N2/c46-29-31-17-14-26-40(45(31)47-41-27-12-10-19-33(41)34-20-11-13-28-42(34)47)32-18-4-5-21-35(32)44-38-24-8-6-22-36(38)43(30-15-2-1-3-16-30)37-23-7-9-25-39(37)44/h1-28H. The van der Waals surface area contributed by atoms with Crippen LogP contribution in [-0.2, 0) is 0 Å². The number of hydrogen-bond acceptors (Lipinski definition) is 1. The third-order valence-electron chi connectivity index (χ3n) is 9.44. The van der Waals surface area contributed by atoms with Crippen LogP contribution >= 0.6 is 0 Å². The van der Waals surface area contributed by atoms with Gasteiger partial charge in [0.05, 0.1) is 22.3 Å². The Morgan fingerprint density at radius 1 is 0.362 bits per heavy atom. The second-order valence-corrected chi connectivity index (χ2v) is 11.9. The van der Waals surface area contributed by atoms with Gasteiger partial charge in [0, 0.05) is 16.3 Å². The van der Waals surface area contributed by atoms with Gasteiger partial charge in [0.1, 0.15) is 6.07 Å². The van der Waals surface area contributed by atoms with E-state index in [0.29, 0.717) is 5.56 Å². The van der Waals surface area contributed by atoms with Crippen molar-refractivity contribution in [3.8, 4) is 45.1 Å². The molecule has 0 bridgehead atoms. The molecule has 0 radical (unpaired) electrons. The van der Waals surface area contributed by atoms with Gasteiger partial charge < -0.3 is 4.57 Å². The second kappa shape index (κ2) is 10.9. The first-order chi connectivity index (χ1) is 23.3. The maximum atomic E-state index is 10.6. The van der Waals surface area contributed by atoms with Gasteiger partial charge in [-0.25, -0.2) is 0 Å². The Labute approximate surface area is 273 Å². The van der Waals surface area contributed by atoms with Crippen LogP contribution in [0.2, 0.25) is 0 Å². The summed E-state index contributed by atoms with van der Waals surface area (Å²) in [6.07, 6.45) is 0. The maximum Gasteiger partial charge on any atom is 0.101 e. The zero-order valence-electron chi connectivity index (χ0n) is 25.6. The fourth-order valence-corrected chi connectivity index (χ4v) is 7.53. The lowest BCUT2D eigenvalue weighted by Crippen LogP contribution is -2.01. The Kier molecular flexibility index (Phi) is 6.23. The van der Waals surface area contributed by atoms with Crippen molar-refractivity contribution in [1.29, 1.82) is 5.26 Å². The number of nitrogens with zero attached hydrogens (tertiary/aromatic N) is 2. The summed E-state index contributed by atoms with van der Waals surface area (Å²) >= 11 is 0. The highest BCUT2D eigenvalue weighted by Crippen LogP contribution is 2.47. The average Bonchev–Trinajstić information content (AvgIpc) is 3.48. The first kappa shape index (κ1) is 26.9. The van der Waals surface area contributed by atoms with E-state index in [-0.39, 0.29) is 0 Å². The molecule has 0 spiro atoms. The van der Waals surface area contributed by atoms with E-state index in [1.165, 1.54) is 49.0 Å². The predicted molar refractivity (Wildman–Crippen MR) is 197 cm³/mol. The topological polar surface area (TPSA) is 28.7 Å². The first-order valence-corrected chi connectivity index (χ1v) is 15.9. The van der Waals surface area contributed by atoms with Gasteiger partial charge in [-0.15, -0.1) is 0 Å². The summed E-state index contributed by atoms with van der Waals surface area (Å²) in [6, 6.07) is 62.5. The van der Waals surface area contributed by atoms with Crippen molar-refractivity contribution in [1.82, 2.24) is 4.57 Å². The zero-order chi connectivity index (χ0) is 31.3. The Morgan fingerprint density at radius 3 is 1.38 bits per heavy atom. The Bertz CT molecular complexity index is 2580. The van der Waals surface area contributed by atoms with Gasteiger partial charge in [-0.05, 0) is 67.6 Å². The van der Waals surface area contributed by atoms with Gasteiger partial charge in [0.2, 0.25) is 0 Å². The van der Waals surface area contributed by atoms with E-state index in [1.54, 1.807) is 0 Å². The number of nitriles is 1. The molecule has 218 valence electrons. The van der Waals surface area contributed by atoms with Gasteiger partial charge >= 0.3 is 0 Å². The van der Waals surface area contributed by atoms with Gasteiger partial charge in [-0.1, -0.05) is 152 Å². The van der Waals surface area contributed by atoms with Crippen LogP contribution in [-0.4, -0.2) is 4.57 Å². The van der Waals surface area contributed by atoms with Crippen LogP contribution in [0.1, 0.15) is 5.56 Å². The molecule has 0 aliphatic carbocycles. The molecule has 0 saturated heterocycles. The van der Waals surface area contributed by atoms with Crippen LogP contribution in [0.25, 0.3) is 82.4 Å². The molecule has 0 aliphatic heterocycles. The Morgan fingerprint density at radius 2 is 0.809 bits per heavy atom. The number of rotatable bonds is 4. The highest BCUT2D eigenvalue weighted by Gasteiger charge is 2.23. The first-order valence-electron chi connectivity index (χ1n) is 15.9. The molecule has 0 N–H and O–H groups in total. The summed E-state index contributed by atoms with van der Waals surface area (Å²) in [5, 5.41) is 17.8. The summed E-state index contributed by atoms with van der Waals surface area (Å²) in [5.41, 5.74) is 10.6. The van der Waals surface area contributed by atoms with E-state index in [4.69, 9.17) is 0 Å². The van der Waals surface area contributed by atoms with Crippen LogP contribution in [0.15, 0.2) is 170 Å². The van der Waals surface area contributed by atoms with Crippen molar-refractivity contribution in [2.24, 2.45) is 0 Å². The van der Waals surface area contributed by atoms with Crippen molar-refractivity contribution >= 4 is 43.4 Å². The molecule has 0 fully saturated rings. The van der Waals surface area contributed by atoms with Gasteiger partial charge in [0.25, 0.3) is 0 Å². The minimum atomic E-state index is 0.637. The van der Waals surface area contributed by atoms with Gasteiger partial charge in [-0.3, -0.25) is 0 Å². The van der Waals surface area contributed by atoms with E-state index < -0.39 is 0 Å². The molecule has 0 aliphatic rings. The van der Waals surface area contributed by atoms with Gasteiger partial charge in [0.15, 0.2) is 0 Å². The van der Waals surface area contributed by atoms with Crippen LogP contribution < -0.4 is 0 Å². The van der Waals surface area contributed by atoms with E-state index in [9.17, 15) is 5.26 Å². The lowest BCUT2D eigenvalue weighted by atomic mass is 9.83. The molecule has 9 rings (SSSR count). The Hall–Kier alpha value is -6.43. The minimum Gasteiger partial charge on any atom is -0.307 e. The van der Waals surface area contributed by atoms with Crippen LogP contribution in [0.3, 0.4) is 0 Å². The lowest BCUT2D eigenvalue weighted by molar-refractivity contribution is 1.17. The zero-order valence-corrected chi connectivity index (χ0v) is 25.6. The number of benzene rings is 8. The SMILES string of the molecule is N#Cc1cccc(-c2ccccc2-c2c3ccccc3c(-c3ccccc3)c3ccccc23)c1-n1c2ccccc2c2ccccc21. The molecule has 1 aromatic heterocycles. The lowest BCUT2D eigenvalue weighted by Gasteiger charge is -2.21. The van der Waals surface area contributed by atoms with E-state index in [1.807, 2.05) is 12.1 Å². The number of fused-ring (bicyclic) bond motifs is 5. The highest BCUT2D eigenvalue weighted by atomic mass is 15.0. The monoisotopic (exact) mass is 596 g/mol. The largest absolute Gasteiger partial charge is 0.307 e. The molecule has 2 heteroatoms. The highest BCUT2D eigenvalue weighted by molar-refractivity contribution is 6.22. The molecular formula is C45H28N2. The fourth-order valence-electron chi connectivity index (χ4n) is 7.53. The summed E-state index contributed by atoms with van der Waals surface area (Å²) < 4.78 is 2.28. The van der Waals surface area contributed by atoms with E-state index >= 15 is 0 Å². The minimum absolute atomic E-state index is 0.637. The van der Waals surface area contributed by atoms with Crippen molar-refractivity contribution in [2.75, 3.05) is 0 Å². The summed E-state index contributed by atoms with van der Waals surface area (Å²) in [7, 11) is 0. The summed E-state index contributed by atoms with van der Waals surface area (Å²) in [4.78, 5) is 0. The van der Waals surface area contributed by atoms with Crippen LogP contribution in [0, 0.1) is 11.3 Å². The molecule has 9 aromatic rings. The molecule has 0 unspecified atom stereocenters. The summed E-state index contributed by atoms with van der Waals surface area (Å²) in [6.45, 7) is 0. The predicted octanol–water partition coefficient (Wildman–Crippen LogP) is 12.0. The molecule has 8 aromatic carbocycles. The number of aromatic nitrogens is 1. The summed E-state index contributed by atoms with van der Waals surface area (Å²) in [5.74, 6) is 0. The molecule has 0 atom stereocenters. The van der Waals surface area contributed by atoms with Crippen molar-refractivity contribution in [2.45, 2.75) is 0 Å². The molecule has 1 heterocycles. The second-order valence-electron chi connectivity index (χ2n) is 11.9. The number of para-hydroxylation sites is 3. The van der Waals surface area contributed by atoms with Crippen LogP contribution in [0.5, 0.6) is 0 Å². The average molecular weight is 597 g/mol. The van der Waals surface area contributed by atoms with Crippen molar-refractivity contribution < 1.29 is 0 Å².